The van der Waals surface area contributed by atoms with Crippen LogP contribution in [-0.4, -0.2) is 40.7 Å². The van der Waals surface area contributed by atoms with Gasteiger partial charge in [-0.15, -0.1) is 17.9 Å². The third-order valence-electron chi connectivity index (χ3n) is 5.39. The molecule has 1 spiro atoms. The van der Waals surface area contributed by atoms with Crippen molar-refractivity contribution in [2.45, 2.75) is 24.9 Å². The minimum atomic E-state index is -1.06. The van der Waals surface area contributed by atoms with Crippen molar-refractivity contribution in [3.8, 4) is 0 Å². The fourth-order valence-electron chi connectivity index (χ4n) is 4.00. The highest BCUT2D eigenvalue weighted by Crippen LogP contribution is 2.41. The maximum absolute atomic E-state index is 13.2. The number of hydrogen-bond acceptors (Lipinski definition) is 4. The van der Waals surface area contributed by atoms with Crippen molar-refractivity contribution in [1.29, 1.82) is 0 Å². The van der Waals surface area contributed by atoms with Crippen LogP contribution in [0, 0.1) is 0 Å². The Kier molecular flexibility index (Phi) is 5.19. The molecule has 1 saturated heterocycles. The number of nitrogens with one attached hydrogen (secondary N) is 1. The zero-order valence-electron chi connectivity index (χ0n) is 15.7. The maximum atomic E-state index is 13.2. The number of imide groups is 1. The number of rotatable bonds is 6. The van der Waals surface area contributed by atoms with Gasteiger partial charge in [-0.1, -0.05) is 41.9 Å². The molecule has 6 nitrogen and oxygen atoms in total. The number of benzene rings is 1. The smallest absolute Gasteiger partial charge is 0.325 e. The van der Waals surface area contributed by atoms with Crippen LogP contribution >= 0.6 is 22.9 Å². The summed E-state index contributed by atoms with van der Waals surface area (Å²) in [7, 11) is 0. The molecular formula is C21H20ClN3O3S. The van der Waals surface area contributed by atoms with E-state index in [0.29, 0.717) is 30.3 Å². The molecule has 1 aromatic heterocycles. The Hall–Kier alpha value is -2.64. The van der Waals surface area contributed by atoms with Crippen LogP contribution in [0.25, 0.3) is 0 Å². The highest BCUT2D eigenvalue weighted by Gasteiger charge is 2.55. The largest absolute Gasteiger partial charge is 0.332 e. The summed E-state index contributed by atoms with van der Waals surface area (Å²) >= 11 is 7.36. The van der Waals surface area contributed by atoms with Crippen molar-refractivity contribution in [3.05, 3.63) is 69.4 Å². The number of fused-ring (bicyclic) bond motifs is 2. The Morgan fingerprint density at radius 3 is 2.83 bits per heavy atom. The van der Waals surface area contributed by atoms with E-state index in [1.807, 2.05) is 30.3 Å². The van der Waals surface area contributed by atoms with E-state index in [1.54, 1.807) is 17.0 Å². The number of thiophene rings is 1. The molecule has 1 aromatic carbocycles. The van der Waals surface area contributed by atoms with Crippen molar-refractivity contribution in [3.63, 3.8) is 0 Å². The van der Waals surface area contributed by atoms with Gasteiger partial charge >= 0.3 is 6.03 Å². The SMILES string of the molecule is C=CCN(Cc1ccc(Cl)s1)C(=O)CN1C(=O)NC2(CCc3ccccc32)C1=O. The van der Waals surface area contributed by atoms with Gasteiger partial charge in [-0.05, 0) is 36.1 Å². The van der Waals surface area contributed by atoms with Gasteiger partial charge in [0.15, 0.2) is 0 Å². The number of carbonyl (C=O) groups is 3. The number of halogens is 1. The lowest BCUT2D eigenvalue weighted by molar-refractivity contribution is -0.139. The zero-order chi connectivity index (χ0) is 20.6. The Morgan fingerprint density at radius 2 is 2.10 bits per heavy atom. The molecule has 1 aliphatic carbocycles. The molecule has 1 atom stereocenters. The lowest BCUT2D eigenvalue weighted by Crippen LogP contribution is -2.44. The first kappa shape index (κ1) is 19.7. The van der Waals surface area contributed by atoms with Gasteiger partial charge in [0, 0.05) is 11.4 Å². The lowest BCUT2D eigenvalue weighted by atomic mass is 9.92. The van der Waals surface area contributed by atoms with Gasteiger partial charge in [0.2, 0.25) is 5.91 Å². The summed E-state index contributed by atoms with van der Waals surface area (Å²) in [6.45, 7) is 4.05. The second-order valence-electron chi connectivity index (χ2n) is 7.15. The minimum Gasteiger partial charge on any atom is -0.332 e. The highest BCUT2D eigenvalue weighted by molar-refractivity contribution is 7.16. The second kappa shape index (κ2) is 7.65. The molecule has 1 N–H and O–H groups in total. The van der Waals surface area contributed by atoms with E-state index in [9.17, 15) is 14.4 Å². The van der Waals surface area contributed by atoms with Crippen LogP contribution in [0.2, 0.25) is 4.34 Å². The average Bonchev–Trinajstić information content (AvgIpc) is 3.35. The molecule has 150 valence electrons. The molecule has 29 heavy (non-hydrogen) atoms. The summed E-state index contributed by atoms with van der Waals surface area (Å²) in [4.78, 5) is 42.3. The molecule has 0 saturated carbocycles. The average molecular weight is 430 g/mol. The summed E-state index contributed by atoms with van der Waals surface area (Å²) in [5.74, 6) is -0.681. The first-order chi connectivity index (χ1) is 13.9. The van der Waals surface area contributed by atoms with E-state index in [1.165, 1.54) is 11.3 Å². The van der Waals surface area contributed by atoms with E-state index in [4.69, 9.17) is 11.6 Å². The molecule has 1 aliphatic heterocycles. The van der Waals surface area contributed by atoms with E-state index in [0.717, 1.165) is 20.9 Å². The standard InChI is InChI=1S/C21H20ClN3O3S/c1-2-11-24(12-15-7-8-17(22)29-15)18(26)13-25-19(27)21(23-20(25)28)10-9-14-5-3-4-6-16(14)21/h2-8H,1,9-13H2,(H,23,28). The molecule has 1 unspecified atom stereocenters. The summed E-state index contributed by atoms with van der Waals surface area (Å²) in [5, 5.41) is 2.85. The zero-order valence-corrected chi connectivity index (χ0v) is 17.3. The monoisotopic (exact) mass is 429 g/mol. The predicted octanol–water partition coefficient (Wildman–Crippen LogP) is 3.31. The van der Waals surface area contributed by atoms with Crippen molar-refractivity contribution < 1.29 is 14.4 Å². The third kappa shape index (κ3) is 3.45. The molecule has 0 radical (unpaired) electrons. The number of amides is 4. The quantitative estimate of drug-likeness (QED) is 0.565. The number of aryl methyl sites for hydroxylation is 1. The fraction of sp³-hybridized carbons (Fsp3) is 0.286. The van der Waals surface area contributed by atoms with Crippen molar-refractivity contribution in [1.82, 2.24) is 15.1 Å². The van der Waals surface area contributed by atoms with Gasteiger partial charge in [-0.2, -0.15) is 0 Å². The number of urea groups is 1. The Balaban J connectivity index is 1.52. The van der Waals surface area contributed by atoms with E-state index < -0.39 is 11.6 Å². The van der Waals surface area contributed by atoms with E-state index in [-0.39, 0.29) is 18.4 Å². The van der Waals surface area contributed by atoms with Crippen LogP contribution in [0.4, 0.5) is 4.79 Å². The van der Waals surface area contributed by atoms with Crippen molar-refractivity contribution >= 4 is 40.8 Å². The number of carbonyl (C=O) groups excluding carboxylic acids is 3. The molecule has 1 fully saturated rings. The van der Waals surface area contributed by atoms with Crippen LogP contribution < -0.4 is 5.32 Å². The molecule has 2 heterocycles. The second-order valence-corrected chi connectivity index (χ2v) is 8.95. The first-order valence-electron chi connectivity index (χ1n) is 9.30. The van der Waals surface area contributed by atoms with Crippen molar-refractivity contribution in [2.24, 2.45) is 0 Å². The molecule has 2 aromatic rings. The van der Waals surface area contributed by atoms with Crippen LogP contribution in [0.5, 0.6) is 0 Å². The third-order valence-corrected chi connectivity index (χ3v) is 6.61. The highest BCUT2D eigenvalue weighted by atomic mass is 35.5. The fourth-order valence-corrected chi connectivity index (χ4v) is 5.11. The van der Waals surface area contributed by atoms with Crippen LogP contribution in [0.3, 0.4) is 0 Å². The van der Waals surface area contributed by atoms with Gasteiger partial charge in [0.05, 0.1) is 10.9 Å². The Bertz CT molecular complexity index is 1000. The molecule has 4 amide bonds. The normalized spacial score (nSPS) is 20.1. The Morgan fingerprint density at radius 1 is 1.31 bits per heavy atom. The topological polar surface area (TPSA) is 69.7 Å². The summed E-state index contributed by atoms with van der Waals surface area (Å²) in [6.07, 6.45) is 2.84. The summed E-state index contributed by atoms with van der Waals surface area (Å²) in [5.41, 5.74) is 0.819. The molecule has 4 rings (SSSR count). The van der Waals surface area contributed by atoms with E-state index >= 15 is 0 Å². The summed E-state index contributed by atoms with van der Waals surface area (Å²) in [6, 6.07) is 10.7. The van der Waals surface area contributed by atoms with Crippen LogP contribution in [0.1, 0.15) is 22.4 Å². The van der Waals surface area contributed by atoms with Gasteiger partial charge in [-0.25, -0.2) is 4.79 Å². The predicted molar refractivity (Wildman–Crippen MR) is 112 cm³/mol. The van der Waals surface area contributed by atoms with Crippen molar-refractivity contribution in [2.75, 3.05) is 13.1 Å². The first-order valence-corrected chi connectivity index (χ1v) is 10.5. The number of nitrogens with zero attached hydrogens (tertiary/aromatic N) is 2. The van der Waals surface area contributed by atoms with Crippen LogP contribution in [-0.2, 0) is 28.1 Å². The number of hydrogen-bond donors (Lipinski definition) is 1. The molecule has 0 bridgehead atoms. The lowest BCUT2D eigenvalue weighted by Gasteiger charge is -2.24. The van der Waals surface area contributed by atoms with Gasteiger partial charge < -0.3 is 10.2 Å². The van der Waals surface area contributed by atoms with Gasteiger partial charge in [-0.3, -0.25) is 14.5 Å². The Labute approximate surface area is 177 Å². The van der Waals surface area contributed by atoms with Gasteiger partial charge in [0.25, 0.3) is 5.91 Å². The molecular weight excluding hydrogens is 410 g/mol. The van der Waals surface area contributed by atoms with Crippen LogP contribution in [0.15, 0.2) is 49.1 Å². The maximum Gasteiger partial charge on any atom is 0.325 e. The van der Waals surface area contributed by atoms with E-state index in [2.05, 4.69) is 11.9 Å². The summed E-state index contributed by atoms with van der Waals surface area (Å²) < 4.78 is 0.641. The minimum absolute atomic E-state index is 0.304. The van der Waals surface area contributed by atoms with Gasteiger partial charge in [0.1, 0.15) is 12.1 Å². The molecule has 2 aliphatic rings. The molecule has 8 heteroatoms.